The Morgan fingerprint density at radius 1 is 1.02 bits per heavy atom. The summed E-state index contributed by atoms with van der Waals surface area (Å²) in [6.07, 6.45) is 1.72. The molecule has 0 bridgehead atoms. The van der Waals surface area contributed by atoms with Gasteiger partial charge >= 0.3 is 6.09 Å². The van der Waals surface area contributed by atoms with Crippen LogP contribution >= 0.6 is 0 Å². The Morgan fingerprint density at radius 3 is 2.35 bits per heavy atom. The second-order valence-electron chi connectivity index (χ2n) is 10.9. The summed E-state index contributed by atoms with van der Waals surface area (Å²) in [5, 5.41) is 17.6. The van der Waals surface area contributed by atoms with Crippen LogP contribution in [0.5, 0.6) is 0 Å². The molecule has 0 saturated heterocycles. The normalized spacial score (nSPS) is 12.1. The fourth-order valence-corrected chi connectivity index (χ4v) is 3.95. The van der Waals surface area contributed by atoms with Crippen molar-refractivity contribution in [3.63, 3.8) is 0 Å². The van der Waals surface area contributed by atoms with Crippen LogP contribution in [0, 0.1) is 5.92 Å². The van der Waals surface area contributed by atoms with Gasteiger partial charge in [-0.15, -0.1) is 0 Å². The van der Waals surface area contributed by atoms with Crippen LogP contribution in [-0.4, -0.2) is 57.0 Å². The number of furan rings is 1. The third-order valence-corrected chi connectivity index (χ3v) is 5.96. The van der Waals surface area contributed by atoms with Crippen LogP contribution in [0.3, 0.4) is 0 Å². The molecule has 2 heterocycles. The van der Waals surface area contributed by atoms with Gasteiger partial charge in [0, 0.05) is 24.7 Å². The number of nitrogens with one attached hydrogen (secondary N) is 3. The molecule has 214 valence electrons. The van der Waals surface area contributed by atoms with Crippen LogP contribution in [0.15, 0.2) is 59.3 Å². The summed E-state index contributed by atoms with van der Waals surface area (Å²) >= 11 is 0. The van der Waals surface area contributed by atoms with Gasteiger partial charge in [-0.3, -0.25) is 9.59 Å². The molecule has 3 aromatic rings. The van der Waals surface area contributed by atoms with Crippen molar-refractivity contribution in [3.05, 3.63) is 77.6 Å². The van der Waals surface area contributed by atoms with Gasteiger partial charge in [0.1, 0.15) is 29.0 Å². The second-order valence-corrected chi connectivity index (χ2v) is 10.9. The Hall–Kier alpha value is -4.41. The molecule has 2 aromatic heterocycles. The summed E-state index contributed by atoms with van der Waals surface area (Å²) in [4.78, 5) is 49.4. The third kappa shape index (κ3) is 8.55. The van der Waals surface area contributed by atoms with Crippen LogP contribution in [0.1, 0.15) is 62.1 Å². The van der Waals surface area contributed by atoms with Gasteiger partial charge in [-0.1, -0.05) is 65.0 Å². The number of anilines is 1. The van der Waals surface area contributed by atoms with E-state index in [0.29, 0.717) is 17.4 Å². The minimum atomic E-state index is -1.29. The van der Waals surface area contributed by atoms with Gasteiger partial charge in [0.2, 0.25) is 5.91 Å². The molecule has 11 heteroatoms. The first kappa shape index (κ1) is 30.1. The Morgan fingerprint density at radius 2 is 1.75 bits per heavy atom. The first-order valence-corrected chi connectivity index (χ1v) is 13.2. The van der Waals surface area contributed by atoms with Crippen LogP contribution in [0.25, 0.3) is 0 Å². The smallest absolute Gasteiger partial charge is 0.404 e. The molecule has 3 amide bonds. The van der Waals surface area contributed by atoms with Crippen molar-refractivity contribution in [1.29, 1.82) is 0 Å². The van der Waals surface area contributed by atoms with Gasteiger partial charge in [-0.25, -0.2) is 14.8 Å². The largest absolute Gasteiger partial charge is 0.467 e. The highest BCUT2D eigenvalue weighted by atomic mass is 16.4. The summed E-state index contributed by atoms with van der Waals surface area (Å²) < 4.78 is 5.42. The zero-order valence-electron chi connectivity index (χ0n) is 23.6. The Bertz CT molecular complexity index is 1270. The first-order chi connectivity index (χ1) is 19.0. The van der Waals surface area contributed by atoms with Gasteiger partial charge < -0.3 is 30.4 Å². The lowest BCUT2D eigenvalue weighted by Gasteiger charge is -2.33. The molecule has 4 N–H and O–H groups in total. The SMILES string of the molecule is CC(C)CN(C(=O)c1cnc(C(C)(C)C)nc1NCc1ccco1)[C@@H](CNC(=O)O)C(=O)NCc1ccccc1. The molecule has 0 saturated carbocycles. The van der Waals surface area contributed by atoms with Crippen LogP contribution in [0.2, 0.25) is 0 Å². The van der Waals surface area contributed by atoms with Crippen LogP contribution < -0.4 is 16.0 Å². The molecule has 0 aliphatic heterocycles. The minimum Gasteiger partial charge on any atom is -0.467 e. The van der Waals surface area contributed by atoms with E-state index in [2.05, 4.69) is 25.9 Å². The third-order valence-electron chi connectivity index (χ3n) is 5.96. The molecule has 3 rings (SSSR count). The number of carboxylic acid groups (broad SMARTS) is 1. The lowest BCUT2D eigenvalue weighted by Crippen LogP contribution is -2.55. The molecule has 0 aliphatic carbocycles. The van der Waals surface area contributed by atoms with E-state index in [-0.39, 0.29) is 43.1 Å². The molecular formula is C29H38N6O5. The van der Waals surface area contributed by atoms with Gasteiger partial charge in [0.25, 0.3) is 5.91 Å². The molecular weight excluding hydrogens is 512 g/mol. The van der Waals surface area contributed by atoms with E-state index in [1.54, 1.807) is 18.4 Å². The fourth-order valence-electron chi connectivity index (χ4n) is 3.95. The summed E-state index contributed by atoms with van der Waals surface area (Å²) in [6, 6.07) is 11.8. The Labute approximate surface area is 234 Å². The molecule has 0 radical (unpaired) electrons. The van der Waals surface area contributed by atoms with E-state index >= 15 is 0 Å². The number of benzene rings is 1. The van der Waals surface area contributed by atoms with Crippen molar-refractivity contribution in [1.82, 2.24) is 25.5 Å². The van der Waals surface area contributed by atoms with Crippen LogP contribution in [-0.2, 0) is 23.3 Å². The van der Waals surface area contributed by atoms with Crippen molar-refractivity contribution in [2.75, 3.05) is 18.4 Å². The van der Waals surface area contributed by atoms with Gasteiger partial charge in [-0.2, -0.15) is 0 Å². The van der Waals surface area contributed by atoms with Crippen LogP contribution in [0.4, 0.5) is 10.6 Å². The summed E-state index contributed by atoms with van der Waals surface area (Å²) in [6.45, 7) is 10.2. The summed E-state index contributed by atoms with van der Waals surface area (Å²) in [7, 11) is 0. The lowest BCUT2D eigenvalue weighted by atomic mass is 9.95. The summed E-state index contributed by atoms with van der Waals surface area (Å²) in [5.74, 6) is 0.479. The van der Waals surface area contributed by atoms with Gasteiger partial charge in [0.05, 0.1) is 19.4 Å². The van der Waals surface area contributed by atoms with E-state index in [1.165, 1.54) is 11.1 Å². The van der Waals surface area contributed by atoms with Gasteiger partial charge in [0.15, 0.2) is 0 Å². The molecule has 0 fully saturated rings. The van der Waals surface area contributed by atoms with Crippen molar-refractivity contribution in [2.24, 2.45) is 5.92 Å². The molecule has 0 spiro atoms. The average molecular weight is 551 g/mol. The molecule has 11 nitrogen and oxygen atoms in total. The topological polar surface area (TPSA) is 150 Å². The number of amides is 3. The molecule has 1 atom stereocenters. The zero-order valence-corrected chi connectivity index (χ0v) is 23.6. The van der Waals surface area contributed by atoms with E-state index in [9.17, 15) is 19.5 Å². The number of hydrogen-bond acceptors (Lipinski definition) is 7. The predicted molar refractivity (Wildman–Crippen MR) is 151 cm³/mol. The standard InChI is InChI=1S/C29H38N6O5/c1-19(2)18-35(23(17-33-28(38)39)25(36)31-14-20-10-7-6-8-11-20)26(37)22-16-32-27(29(3,4)5)34-24(22)30-15-21-12-9-13-40-21/h6-13,16,19,23,33H,14-15,17-18H2,1-5H3,(H,31,36)(H,38,39)(H,30,32,34)/t23-/m0/s1. The molecule has 40 heavy (non-hydrogen) atoms. The molecule has 0 aliphatic rings. The maximum Gasteiger partial charge on any atom is 0.404 e. The van der Waals surface area contributed by atoms with Crippen molar-refractivity contribution in [3.8, 4) is 0 Å². The van der Waals surface area contributed by atoms with Crippen molar-refractivity contribution < 1.29 is 23.9 Å². The van der Waals surface area contributed by atoms with E-state index in [4.69, 9.17) is 4.42 Å². The van der Waals surface area contributed by atoms with E-state index < -0.39 is 23.9 Å². The highest BCUT2D eigenvalue weighted by Crippen LogP contribution is 2.24. The highest BCUT2D eigenvalue weighted by molar-refractivity contribution is 6.01. The maximum absolute atomic E-state index is 14.1. The summed E-state index contributed by atoms with van der Waals surface area (Å²) in [5.41, 5.74) is 0.653. The number of carbonyl (C=O) groups excluding carboxylic acids is 2. The first-order valence-electron chi connectivity index (χ1n) is 13.2. The predicted octanol–water partition coefficient (Wildman–Crippen LogP) is 4.03. The fraction of sp³-hybridized carbons (Fsp3) is 0.414. The maximum atomic E-state index is 14.1. The van der Waals surface area contributed by atoms with E-state index in [0.717, 1.165) is 5.56 Å². The number of carbonyl (C=O) groups is 3. The average Bonchev–Trinajstić information content (AvgIpc) is 3.43. The quantitative estimate of drug-likeness (QED) is 0.264. The molecule has 1 aromatic carbocycles. The number of nitrogens with zero attached hydrogens (tertiary/aromatic N) is 3. The minimum absolute atomic E-state index is 0.0208. The van der Waals surface area contributed by atoms with Crippen molar-refractivity contribution >= 4 is 23.7 Å². The highest BCUT2D eigenvalue weighted by Gasteiger charge is 2.33. The Kier molecular flexibility index (Phi) is 10.2. The molecule has 0 unspecified atom stereocenters. The van der Waals surface area contributed by atoms with Crippen molar-refractivity contribution in [2.45, 2.75) is 59.2 Å². The Balaban J connectivity index is 1.97. The number of aromatic nitrogens is 2. The number of hydrogen-bond donors (Lipinski definition) is 4. The van der Waals surface area contributed by atoms with Gasteiger partial charge in [-0.05, 0) is 23.6 Å². The van der Waals surface area contributed by atoms with E-state index in [1.807, 2.05) is 65.0 Å². The monoisotopic (exact) mass is 550 g/mol. The number of rotatable bonds is 12. The second kappa shape index (κ2) is 13.6. The zero-order chi connectivity index (χ0) is 29.3. The lowest BCUT2D eigenvalue weighted by molar-refractivity contribution is -0.125.